The van der Waals surface area contributed by atoms with Gasteiger partial charge in [0.2, 0.25) is 0 Å². The summed E-state index contributed by atoms with van der Waals surface area (Å²) in [5.41, 5.74) is -0.708. The summed E-state index contributed by atoms with van der Waals surface area (Å²) in [6, 6.07) is 2.38. The van der Waals surface area contributed by atoms with Crippen molar-refractivity contribution < 1.29 is 23.1 Å². The van der Waals surface area contributed by atoms with E-state index >= 15 is 0 Å². The number of nitrogens with zero attached hydrogens (tertiary/aromatic N) is 1. The molecule has 1 aromatic rings. The number of carboxylic acids is 1. The maximum Gasteiger partial charge on any atom is 0.337 e. The Hall–Kier alpha value is -1.51. The number of nitrogens with one attached hydrogen (secondary N) is 1. The smallest absolute Gasteiger partial charge is 0.337 e. The minimum atomic E-state index is -3.78. The summed E-state index contributed by atoms with van der Waals surface area (Å²) in [7, 11) is -3.78. The van der Waals surface area contributed by atoms with E-state index in [2.05, 4.69) is 9.71 Å². The minimum Gasteiger partial charge on any atom is -0.478 e. The molecule has 1 fully saturated rings. The molecule has 1 unspecified atom stereocenters. The van der Waals surface area contributed by atoms with Crippen LogP contribution in [-0.2, 0) is 14.8 Å². The maximum atomic E-state index is 12.1. The maximum absolute atomic E-state index is 12.1. The van der Waals surface area contributed by atoms with Gasteiger partial charge in [-0.05, 0) is 25.5 Å². The predicted molar refractivity (Wildman–Crippen MR) is 65.4 cm³/mol. The molecule has 19 heavy (non-hydrogen) atoms. The molecular formula is C11H14N2O5S. The number of hydrogen-bond donors (Lipinski definition) is 2. The first-order valence-electron chi connectivity index (χ1n) is 5.63. The third-order valence-electron chi connectivity index (χ3n) is 2.86. The average molecular weight is 286 g/mol. The highest BCUT2D eigenvalue weighted by atomic mass is 32.2. The van der Waals surface area contributed by atoms with Gasteiger partial charge in [-0.3, -0.25) is 0 Å². The Morgan fingerprint density at radius 2 is 2.26 bits per heavy atom. The summed E-state index contributed by atoms with van der Waals surface area (Å²) in [6.07, 6.45) is 1.60. The Labute approximate surface area is 110 Å². The summed E-state index contributed by atoms with van der Waals surface area (Å²) in [5, 5.41) is 8.52. The fourth-order valence-electron chi connectivity index (χ4n) is 1.79. The molecule has 8 heteroatoms. The molecule has 1 aliphatic rings. The van der Waals surface area contributed by atoms with E-state index in [0.29, 0.717) is 19.6 Å². The predicted octanol–water partition coefficient (Wildman–Crippen LogP) is 0.237. The first kappa shape index (κ1) is 13.9. The molecule has 104 valence electrons. The number of hydrogen-bond acceptors (Lipinski definition) is 5. The van der Waals surface area contributed by atoms with Gasteiger partial charge < -0.3 is 9.84 Å². The van der Waals surface area contributed by atoms with Crippen LogP contribution in [0.5, 0.6) is 0 Å². The van der Waals surface area contributed by atoms with Crippen molar-refractivity contribution in [2.24, 2.45) is 0 Å². The van der Waals surface area contributed by atoms with Gasteiger partial charge in [0, 0.05) is 12.8 Å². The summed E-state index contributed by atoms with van der Waals surface area (Å²) in [6.45, 7) is 2.56. The molecule has 1 atom stereocenters. The van der Waals surface area contributed by atoms with Crippen molar-refractivity contribution in [3.8, 4) is 0 Å². The van der Waals surface area contributed by atoms with Crippen LogP contribution in [0.4, 0.5) is 0 Å². The molecule has 0 radical (unpaired) electrons. The third-order valence-corrected chi connectivity index (χ3v) is 4.41. The Balaban J connectivity index is 2.22. The highest BCUT2D eigenvalue weighted by molar-refractivity contribution is 7.89. The zero-order chi connectivity index (χ0) is 14.1. The molecule has 0 amide bonds. The van der Waals surface area contributed by atoms with Crippen LogP contribution in [0.1, 0.15) is 23.7 Å². The zero-order valence-corrected chi connectivity index (χ0v) is 11.1. The number of carboxylic acid groups (broad SMARTS) is 1. The summed E-state index contributed by atoms with van der Waals surface area (Å²) in [4.78, 5) is 14.3. The quantitative estimate of drug-likeness (QED) is 0.821. The van der Waals surface area contributed by atoms with Gasteiger partial charge in [0.1, 0.15) is 0 Å². The van der Waals surface area contributed by atoms with E-state index in [-0.39, 0.29) is 10.6 Å². The number of carbonyl (C=O) groups is 1. The van der Waals surface area contributed by atoms with Crippen LogP contribution in [0.25, 0.3) is 0 Å². The molecule has 0 spiro atoms. The van der Waals surface area contributed by atoms with Gasteiger partial charge in [0.15, 0.2) is 5.03 Å². The van der Waals surface area contributed by atoms with E-state index in [9.17, 15) is 13.2 Å². The first-order chi connectivity index (χ1) is 8.82. The normalized spacial score (nSPS) is 23.4. The lowest BCUT2D eigenvalue weighted by molar-refractivity contribution is 0.0696. The first-order valence-corrected chi connectivity index (χ1v) is 7.12. The second-order valence-corrected chi connectivity index (χ2v) is 6.29. The third kappa shape index (κ3) is 3.09. The van der Waals surface area contributed by atoms with E-state index in [0.717, 1.165) is 6.20 Å². The van der Waals surface area contributed by atoms with Gasteiger partial charge >= 0.3 is 5.97 Å². The molecule has 1 aromatic heterocycles. The number of ether oxygens (including phenoxy) is 1. The van der Waals surface area contributed by atoms with Gasteiger partial charge in [-0.1, -0.05) is 0 Å². The van der Waals surface area contributed by atoms with Crippen molar-refractivity contribution >= 4 is 16.0 Å². The van der Waals surface area contributed by atoms with Crippen LogP contribution in [-0.4, -0.2) is 43.2 Å². The fourth-order valence-corrected chi connectivity index (χ4v) is 3.14. The summed E-state index contributed by atoms with van der Waals surface area (Å²) >= 11 is 0. The molecule has 2 heterocycles. The molecule has 0 aliphatic carbocycles. The van der Waals surface area contributed by atoms with E-state index < -0.39 is 21.5 Å². The Kier molecular flexibility index (Phi) is 3.57. The van der Waals surface area contributed by atoms with Crippen molar-refractivity contribution in [1.29, 1.82) is 0 Å². The van der Waals surface area contributed by atoms with Gasteiger partial charge in [-0.2, -0.15) is 0 Å². The van der Waals surface area contributed by atoms with Crippen LogP contribution in [0.2, 0.25) is 0 Å². The van der Waals surface area contributed by atoms with Crippen molar-refractivity contribution in [3.63, 3.8) is 0 Å². The molecule has 1 aliphatic heterocycles. The monoisotopic (exact) mass is 286 g/mol. The number of sulfonamides is 1. The van der Waals surface area contributed by atoms with Gasteiger partial charge in [0.25, 0.3) is 10.0 Å². The van der Waals surface area contributed by atoms with Crippen LogP contribution >= 0.6 is 0 Å². The average Bonchev–Trinajstić information content (AvgIpc) is 2.75. The minimum absolute atomic E-state index is 0.0608. The fraction of sp³-hybridized carbons (Fsp3) is 0.455. The zero-order valence-electron chi connectivity index (χ0n) is 10.3. The molecule has 0 bridgehead atoms. The molecule has 2 rings (SSSR count). The SMILES string of the molecule is CC1(NS(=O)(=O)c2ccc(C(=O)O)cn2)CCOC1. The lowest BCUT2D eigenvalue weighted by Gasteiger charge is -2.22. The van der Waals surface area contributed by atoms with E-state index in [1.807, 2.05) is 0 Å². The largest absolute Gasteiger partial charge is 0.478 e. The van der Waals surface area contributed by atoms with Crippen LogP contribution in [0.15, 0.2) is 23.4 Å². The second-order valence-electron chi connectivity index (χ2n) is 4.66. The molecule has 0 aromatic carbocycles. The summed E-state index contributed by atoms with van der Waals surface area (Å²) in [5.74, 6) is -1.15. The number of pyridine rings is 1. The standard InChI is InChI=1S/C11H14N2O5S/c1-11(4-5-18-7-11)13-19(16,17)9-3-2-8(6-12-9)10(14)15/h2-3,6,13H,4-5,7H2,1H3,(H,14,15). The molecule has 1 saturated heterocycles. The highest BCUT2D eigenvalue weighted by Gasteiger charge is 2.35. The Morgan fingerprint density at radius 1 is 1.53 bits per heavy atom. The van der Waals surface area contributed by atoms with Gasteiger partial charge in [-0.15, -0.1) is 0 Å². The van der Waals surface area contributed by atoms with Crippen LogP contribution in [0.3, 0.4) is 0 Å². The number of aromatic nitrogens is 1. The van der Waals surface area contributed by atoms with E-state index in [1.165, 1.54) is 12.1 Å². The molecular weight excluding hydrogens is 272 g/mol. The lowest BCUT2D eigenvalue weighted by Crippen LogP contribution is -2.46. The van der Waals surface area contributed by atoms with Crippen LogP contribution < -0.4 is 4.72 Å². The molecule has 0 saturated carbocycles. The number of aromatic carboxylic acids is 1. The van der Waals surface area contributed by atoms with Crippen molar-refractivity contribution in [3.05, 3.63) is 23.9 Å². The van der Waals surface area contributed by atoms with E-state index in [1.54, 1.807) is 6.92 Å². The second kappa shape index (κ2) is 4.87. The van der Waals surface area contributed by atoms with Crippen molar-refractivity contribution in [1.82, 2.24) is 9.71 Å². The van der Waals surface area contributed by atoms with Crippen molar-refractivity contribution in [2.45, 2.75) is 23.9 Å². The van der Waals surface area contributed by atoms with Gasteiger partial charge in [0.05, 0.1) is 17.7 Å². The van der Waals surface area contributed by atoms with Gasteiger partial charge in [-0.25, -0.2) is 22.9 Å². The van der Waals surface area contributed by atoms with Crippen molar-refractivity contribution in [2.75, 3.05) is 13.2 Å². The molecule has 7 nitrogen and oxygen atoms in total. The Bertz CT molecular complexity index is 576. The topological polar surface area (TPSA) is 106 Å². The lowest BCUT2D eigenvalue weighted by atomic mass is 10.0. The van der Waals surface area contributed by atoms with Crippen LogP contribution in [0, 0.1) is 0 Å². The Morgan fingerprint density at radius 3 is 2.74 bits per heavy atom. The molecule has 2 N–H and O–H groups in total. The van der Waals surface area contributed by atoms with E-state index in [4.69, 9.17) is 9.84 Å². The summed E-state index contributed by atoms with van der Waals surface area (Å²) < 4.78 is 31.9. The number of rotatable bonds is 4. The highest BCUT2D eigenvalue weighted by Crippen LogP contribution is 2.20.